The Labute approximate surface area is 234 Å². The van der Waals surface area contributed by atoms with Gasteiger partial charge in [-0.1, -0.05) is 66.0 Å². The summed E-state index contributed by atoms with van der Waals surface area (Å²) in [7, 11) is 1.58. The van der Waals surface area contributed by atoms with Gasteiger partial charge in [-0.15, -0.1) is 0 Å². The van der Waals surface area contributed by atoms with Crippen molar-refractivity contribution in [2.75, 3.05) is 7.11 Å². The molecule has 3 atom stereocenters. The number of carbonyl (C=O) groups excluding carboxylic acids is 4. The molecule has 0 saturated heterocycles. The van der Waals surface area contributed by atoms with Crippen LogP contribution in [0.1, 0.15) is 92.6 Å². The van der Waals surface area contributed by atoms with Crippen LogP contribution >= 0.6 is 0 Å². The number of rotatable bonds is 17. The van der Waals surface area contributed by atoms with E-state index in [2.05, 4.69) is 22.9 Å². The molecule has 1 aromatic rings. The van der Waals surface area contributed by atoms with Gasteiger partial charge in [-0.3, -0.25) is 19.2 Å². The summed E-state index contributed by atoms with van der Waals surface area (Å²) in [6, 6.07) is 5.63. The van der Waals surface area contributed by atoms with Crippen molar-refractivity contribution in [1.29, 1.82) is 0 Å². The van der Waals surface area contributed by atoms with Crippen molar-refractivity contribution in [3.63, 3.8) is 0 Å². The number of primary amides is 1. The minimum absolute atomic E-state index is 0.171. The second-order valence-electron chi connectivity index (χ2n) is 11.8. The van der Waals surface area contributed by atoms with Crippen molar-refractivity contribution >= 4 is 23.6 Å². The molecule has 0 aliphatic rings. The van der Waals surface area contributed by atoms with Crippen molar-refractivity contribution in [3.05, 3.63) is 29.8 Å². The van der Waals surface area contributed by atoms with Gasteiger partial charge < -0.3 is 26.4 Å². The van der Waals surface area contributed by atoms with Crippen molar-refractivity contribution < 1.29 is 23.9 Å². The Bertz CT molecular complexity index is 959. The van der Waals surface area contributed by atoms with Crippen LogP contribution in [0.25, 0.3) is 0 Å². The Morgan fingerprint density at radius 3 is 2.08 bits per heavy atom. The summed E-state index contributed by atoms with van der Waals surface area (Å²) in [5.41, 5.74) is 4.83. The molecule has 9 nitrogen and oxygen atoms in total. The number of ether oxygens (including phenoxy) is 1. The van der Waals surface area contributed by atoms with Gasteiger partial charge in [0, 0.05) is 23.8 Å². The van der Waals surface area contributed by atoms with Crippen LogP contribution in [0.3, 0.4) is 0 Å². The van der Waals surface area contributed by atoms with Gasteiger partial charge in [0.1, 0.15) is 17.8 Å². The van der Waals surface area contributed by atoms with Crippen molar-refractivity contribution in [3.8, 4) is 5.75 Å². The van der Waals surface area contributed by atoms with Crippen molar-refractivity contribution in [2.45, 2.75) is 111 Å². The molecule has 0 heterocycles. The van der Waals surface area contributed by atoms with Crippen LogP contribution in [0.15, 0.2) is 24.3 Å². The lowest BCUT2D eigenvalue weighted by atomic mass is 9.79. The van der Waals surface area contributed by atoms with E-state index in [1.54, 1.807) is 33.1 Å². The molecular formula is C30H50N4O5. The van der Waals surface area contributed by atoms with Gasteiger partial charge in [-0.2, -0.15) is 0 Å². The fraction of sp³-hybridized carbons (Fsp3) is 0.667. The minimum atomic E-state index is -0.853. The first-order valence-electron chi connectivity index (χ1n) is 14.0. The maximum atomic E-state index is 13.6. The average Bonchev–Trinajstić information content (AvgIpc) is 2.85. The number of carbonyl (C=O) groups is 4. The first-order valence-corrected chi connectivity index (χ1v) is 14.0. The molecule has 0 fully saturated rings. The molecule has 220 valence electrons. The van der Waals surface area contributed by atoms with E-state index in [4.69, 9.17) is 10.5 Å². The number of unbranched alkanes of at least 4 members (excludes halogenated alkanes) is 2. The second-order valence-corrected chi connectivity index (χ2v) is 11.8. The zero-order valence-corrected chi connectivity index (χ0v) is 25.1. The number of hydrogen-bond acceptors (Lipinski definition) is 5. The van der Waals surface area contributed by atoms with Gasteiger partial charge in [0.05, 0.1) is 7.11 Å². The number of nitrogens with one attached hydrogen (secondary N) is 3. The summed E-state index contributed by atoms with van der Waals surface area (Å²) in [5.74, 6) is -0.898. The van der Waals surface area contributed by atoms with Gasteiger partial charge in [-0.05, 0) is 50.3 Å². The van der Waals surface area contributed by atoms with E-state index in [9.17, 15) is 19.2 Å². The number of amides is 4. The second kappa shape index (κ2) is 15.5. The molecule has 1 rings (SSSR count). The van der Waals surface area contributed by atoms with Crippen molar-refractivity contribution in [2.24, 2.45) is 17.1 Å². The molecule has 0 aliphatic heterocycles. The standard InChI is InChI=1S/C30H50N4O5/c1-9-11-12-13-24(35)32-23(18-21-14-16-22(39-8)17-15-21)26(36)33-25(20(3)10-2)27(37)34-30(6,7)19-29(4,5)28(31)38/h14-17,20,23,25H,9-13,18-19H2,1-8H3,(H2,31,38)(H,32,35)(H,33,36)(H,34,37). The first-order chi connectivity index (χ1) is 18.2. The van der Waals surface area contributed by atoms with Crippen LogP contribution in [-0.2, 0) is 25.6 Å². The molecular weight excluding hydrogens is 496 g/mol. The SMILES string of the molecule is CCCCCC(=O)NC(Cc1ccc(OC)cc1)C(=O)NC(C(=O)NC(C)(C)CC(C)(C)C(N)=O)C(C)CC. The monoisotopic (exact) mass is 546 g/mol. The number of benzene rings is 1. The topological polar surface area (TPSA) is 140 Å². The van der Waals surface area contributed by atoms with Crippen molar-refractivity contribution in [1.82, 2.24) is 16.0 Å². The lowest BCUT2D eigenvalue weighted by molar-refractivity contribution is -0.134. The van der Waals surface area contributed by atoms with Gasteiger partial charge in [0.15, 0.2) is 0 Å². The molecule has 0 bridgehead atoms. The first kappa shape index (κ1) is 33.9. The molecule has 0 spiro atoms. The summed E-state index contributed by atoms with van der Waals surface area (Å²) < 4.78 is 5.22. The molecule has 0 aliphatic carbocycles. The van der Waals surface area contributed by atoms with Crippen LogP contribution in [-0.4, -0.2) is 48.4 Å². The van der Waals surface area contributed by atoms with Gasteiger partial charge >= 0.3 is 0 Å². The fourth-order valence-corrected chi connectivity index (χ4v) is 4.61. The van der Waals surface area contributed by atoms with Crippen LogP contribution in [0.5, 0.6) is 5.75 Å². The summed E-state index contributed by atoms with van der Waals surface area (Å²) in [6.07, 6.45) is 4.24. The van der Waals surface area contributed by atoms with E-state index in [1.165, 1.54) is 0 Å². The van der Waals surface area contributed by atoms with E-state index < -0.39 is 34.9 Å². The zero-order valence-electron chi connectivity index (χ0n) is 25.1. The Kier molecular flexibility index (Phi) is 13.5. The normalized spacial score (nSPS) is 14.1. The molecule has 39 heavy (non-hydrogen) atoms. The predicted molar refractivity (Wildman–Crippen MR) is 154 cm³/mol. The summed E-state index contributed by atoms with van der Waals surface area (Å²) in [4.78, 5) is 51.6. The molecule has 1 aromatic carbocycles. The lowest BCUT2D eigenvalue weighted by Gasteiger charge is -2.36. The Balaban J connectivity index is 3.13. The summed E-state index contributed by atoms with van der Waals surface area (Å²) in [5, 5.41) is 8.79. The van der Waals surface area contributed by atoms with Gasteiger partial charge in [0.2, 0.25) is 23.6 Å². The third-order valence-corrected chi connectivity index (χ3v) is 7.06. The van der Waals surface area contributed by atoms with E-state index in [0.29, 0.717) is 25.0 Å². The maximum absolute atomic E-state index is 13.6. The molecule has 5 N–H and O–H groups in total. The van der Waals surface area contributed by atoms with Gasteiger partial charge in [0.25, 0.3) is 0 Å². The highest BCUT2D eigenvalue weighted by Gasteiger charge is 2.37. The fourth-order valence-electron chi connectivity index (χ4n) is 4.61. The van der Waals surface area contributed by atoms with E-state index in [1.807, 2.05) is 39.8 Å². The number of methoxy groups -OCH3 is 1. The Morgan fingerprint density at radius 1 is 0.949 bits per heavy atom. The molecule has 0 radical (unpaired) electrons. The van der Waals surface area contributed by atoms with Crippen LogP contribution in [0.2, 0.25) is 0 Å². The van der Waals surface area contributed by atoms with Crippen LogP contribution in [0.4, 0.5) is 0 Å². The van der Waals surface area contributed by atoms with E-state index >= 15 is 0 Å². The highest BCUT2D eigenvalue weighted by atomic mass is 16.5. The third-order valence-electron chi connectivity index (χ3n) is 7.06. The number of nitrogens with two attached hydrogens (primary N) is 1. The molecule has 9 heteroatoms. The molecule has 0 aromatic heterocycles. The summed E-state index contributed by atoms with van der Waals surface area (Å²) >= 11 is 0. The smallest absolute Gasteiger partial charge is 0.243 e. The molecule has 4 amide bonds. The van der Waals surface area contributed by atoms with Crippen LogP contribution < -0.4 is 26.4 Å². The van der Waals surface area contributed by atoms with E-state index in [-0.39, 0.29) is 24.2 Å². The molecule has 0 saturated carbocycles. The Hall–Kier alpha value is -3.10. The minimum Gasteiger partial charge on any atom is -0.497 e. The third kappa shape index (κ3) is 11.7. The number of hydrogen-bond donors (Lipinski definition) is 4. The molecule has 3 unspecified atom stereocenters. The lowest BCUT2D eigenvalue weighted by Crippen LogP contribution is -2.59. The zero-order chi connectivity index (χ0) is 29.8. The predicted octanol–water partition coefficient (Wildman–Crippen LogP) is 3.63. The quantitative estimate of drug-likeness (QED) is 0.221. The highest BCUT2D eigenvalue weighted by Crippen LogP contribution is 2.28. The highest BCUT2D eigenvalue weighted by molar-refractivity contribution is 5.92. The largest absolute Gasteiger partial charge is 0.497 e. The average molecular weight is 547 g/mol. The van der Waals surface area contributed by atoms with E-state index in [0.717, 1.165) is 24.8 Å². The maximum Gasteiger partial charge on any atom is 0.243 e. The Morgan fingerprint density at radius 2 is 1.56 bits per heavy atom. The van der Waals surface area contributed by atoms with Crippen LogP contribution in [0, 0.1) is 11.3 Å². The summed E-state index contributed by atoms with van der Waals surface area (Å²) in [6.45, 7) is 13.0. The van der Waals surface area contributed by atoms with Gasteiger partial charge in [-0.25, -0.2) is 0 Å².